The lowest BCUT2D eigenvalue weighted by Crippen LogP contribution is -2.27. The van der Waals surface area contributed by atoms with Gasteiger partial charge < -0.3 is 5.32 Å². The highest BCUT2D eigenvalue weighted by Crippen LogP contribution is 2.45. The van der Waals surface area contributed by atoms with Crippen molar-refractivity contribution in [2.75, 3.05) is 16.8 Å². The highest BCUT2D eigenvalue weighted by atomic mass is 79.9. The molecule has 1 N–H and O–H groups in total. The van der Waals surface area contributed by atoms with Crippen LogP contribution in [0.1, 0.15) is 10.1 Å². The van der Waals surface area contributed by atoms with E-state index in [1.165, 1.54) is 16.5 Å². The molecule has 4 rings (SSSR count). The highest BCUT2D eigenvalue weighted by molar-refractivity contribution is 9.10. The quantitative estimate of drug-likeness (QED) is 0.627. The fraction of sp³-hybridized carbons (Fsp3) is 0.211. The molecule has 5 nitrogen and oxygen atoms in total. The Labute approximate surface area is 173 Å². The van der Waals surface area contributed by atoms with Crippen molar-refractivity contribution < 1.29 is 4.79 Å². The van der Waals surface area contributed by atoms with Gasteiger partial charge in [0.25, 0.3) is 5.56 Å². The number of hydrogen-bond acceptors (Lipinski definition) is 5. The molecule has 0 bridgehead atoms. The monoisotopic (exact) mass is 461 g/mol. The Morgan fingerprint density at radius 2 is 2.04 bits per heavy atom. The van der Waals surface area contributed by atoms with E-state index in [0.717, 1.165) is 21.7 Å². The van der Waals surface area contributed by atoms with Gasteiger partial charge in [0.15, 0.2) is 0 Å². The van der Waals surface area contributed by atoms with E-state index in [1.807, 2.05) is 47.8 Å². The molecule has 2 heterocycles. The summed E-state index contributed by atoms with van der Waals surface area (Å²) in [6.07, 6.45) is 1.42. The van der Waals surface area contributed by atoms with E-state index < -0.39 is 0 Å². The number of amides is 1. The molecule has 0 unspecified atom stereocenters. The van der Waals surface area contributed by atoms with E-state index in [0.29, 0.717) is 15.5 Å². The van der Waals surface area contributed by atoms with Crippen molar-refractivity contribution >= 4 is 62.0 Å². The van der Waals surface area contributed by atoms with Crippen LogP contribution in [0.2, 0.25) is 0 Å². The third-order valence-corrected chi connectivity index (χ3v) is 7.76. The molecule has 1 aromatic heterocycles. The van der Waals surface area contributed by atoms with E-state index in [2.05, 4.69) is 32.3 Å². The van der Waals surface area contributed by atoms with Gasteiger partial charge in [-0.3, -0.25) is 14.2 Å². The number of carbonyl (C=O) groups excluding carboxylic acids is 1. The zero-order valence-electron chi connectivity index (χ0n) is 14.2. The molecule has 1 saturated heterocycles. The fourth-order valence-electron chi connectivity index (χ4n) is 2.91. The predicted octanol–water partition coefficient (Wildman–Crippen LogP) is 4.28. The number of benzene rings is 2. The van der Waals surface area contributed by atoms with Gasteiger partial charge in [-0.1, -0.05) is 28.1 Å². The molecule has 0 saturated carbocycles. The number of nitrogens with one attached hydrogen (secondary N) is 1. The Hall–Kier alpha value is -1.77. The van der Waals surface area contributed by atoms with Gasteiger partial charge in [-0.25, -0.2) is 4.98 Å². The van der Waals surface area contributed by atoms with E-state index in [4.69, 9.17) is 0 Å². The van der Waals surface area contributed by atoms with Crippen LogP contribution >= 0.6 is 39.5 Å². The van der Waals surface area contributed by atoms with Gasteiger partial charge in [0, 0.05) is 21.7 Å². The minimum Gasteiger partial charge on any atom is -0.325 e. The molecule has 1 amide bonds. The molecule has 1 fully saturated rings. The number of rotatable bonds is 4. The Morgan fingerprint density at radius 1 is 1.22 bits per heavy atom. The molecular weight excluding hydrogens is 446 g/mol. The first-order valence-corrected chi connectivity index (χ1v) is 11.3. The third kappa shape index (κ3) is 4.23. The zero-order valence-corrected chi connectivity index (χ0v) is 17.4. The summed E-state index contributed by atoms with van der Waals surface area (Å²) < 4.78 is 2.56. The summed E-state index contributed by atoms with van der Waals surface area (Å²) in [6.45, 7) is -0.0779. The van der Waals surface area contributed by atoms with Crippen LogP contribution in [0.15, 0.2) is 58.1 Å². The molecule has 0 radical (unpaired) electrons. The van der Waals surface area contributed by atoms with Gasteiger partial charge in [0.2, 0.25) is 5.91 Å². The number of thioether (sulfide) groups is 2. The first-order valence-electron chi connectivity index (χ1n) is 8.38. The van der Waals surface area contributed by atoms with Crippen LogP contribution in [0.4, 0.5) is 5.69 Å². The Morgan fingerprint density at radius 3 is 2.85 bits per heavy atom. The molecular formula is C19H16BrN3O2S2. The predicted molar refractivity (Wildman–Crippen MR) is 116 cm³/mol. The van der Waals surface area contributed by atoms with Gasteiger partial charge in [0.1, 0.15) is 6.54 Å². The number of hydrogen-bond donors (Lipinski definition) is 1. The van der Waals surface area contributed by atoms with Crippen molar-refractivity contribution in [2.45, 2.75) is 11.1 Å². The first kappa shape index (κ1) is 18.6. The van der Waals surface area contributed by atoms with Crippen LogP contribution < -0.4 is 10.9 Å². The molecule has 2 aromatic carbocycles. The van der Waals surface area contributed by atoms with E-state index >= 15 is 0 Å². The van der Waals surface area contributed by atoms with Gasteiger partial charge in [-0.2, -0.15) is 0 Å². The summed E-state index contributed by atoms with van der Waals surface area (Å²) in [7, 11) is 0. The van der Waals surface area contributed by atoms with E-state index in [1.54, 1.807) is 12.1 Å². The minimum absolute atomic E-state index is 0.0779. The van der Waals surface area contributed by atoms with Crippen molar-refractivity contribution in [3.8, 4) is 0 Å². The lowest BCUT2D eigenvalue weighted by molar-refractivity contribution is -0.116. The van der Waals surface area contributed by atoms with Crippen molar-refractivity contribution in [2.24, 2.45) is 0 Å². The number of fused-ring (bicyclic) bond motifs is 1. The minimum atomic E-state index is -0.253. The van der Waals surface area contributed by atoms with Crippen molar-refractivity contribution in [1.29, 1.82) is 0 Å². The first-order chi connectivity index (χ1) is 13.1. The van der Waals surface area contributed by atoms with Crippen molar-refractivity contribution in [1.82, 2.24) is 9.55 Å². The number of nitrogens with zero attached hydrogens (tertiary/aromatic N) is 2. The van der Waals surface area contributed by atoms with Crippen LogP contribution in [0.5, 0.6) is 0 Å². The Kier molecular flexibility index (Phi) is 5.56. The third-order valence-electron chi connectivity index (χ3n) is 4.16. The Balaban J connectivity index is 1.51. The lowest BCUT2D eigenvalue weighted by Gasteiger charge is -2.12. The summed E-state index contributed by atoms with van der Waals surface area (Å²) in [5, 5.41) is 3.37. The number of aromatic nitrogens is 2. The molecule has 0 atom stereocenters. The van der Waals surface area contributed by atoms with Gasteiger partial charge >= 0.3 is 0 Å². The molecule has 0 spiro atoms. The van der Waals surface area contributed by atoms with Gasteiger partial charge in [0.05, 0.1) is 21.8 Å². The smallest absolute Gasteiger partial charge is 0.261 e. The van der Waals surface area contributed by atoms with Crippen LogP contribution in [-0.2, 0) is 11.3 Å². The molecule has 8 heteroatoms. The molecule has 138 valence electrons. The highest BCUT2D eigenvalue weighted by Gasteiger charge is 2.18. The maximum Gasteiger partial charge on any atom is 0.261 e. The number of halogens is 1. The second-order valence-corrected chi connectivity index (χ2v) is 9.73. The van der Waals surface area contributed by atoms with Gasteiger partial charge in [-0.05, 0) is 35.9 Å². The fourth-order valence-corrected chi connectivity index (χ4v) is 6.11. The molecule has 27 heavy (non-hydrogen) atoms. The number of carbonyl (C=O) groups is 1. The molecule has 0 aliphatic carbocycles. The average molecular weight is 462 g/mol. The summed E-state index contributed by atoms with van der Waals surface area (Å²) in [5.74, 6) is 2.05. The largest absolute Gasteiger partial charge is 0.325 e. The SMILES string of the molecule is O=C(Cn1cnc2ccc(Br)cc2c1=O)Nc1cccc(C2SCCS2)c1. The summed E-state index contributed by atoms with van der Waals surface area (Å²) in [6, 6.07) is 13.2. The topological polar surface area (TPSA) is 64.0 Å². The van der Waals surface area contributed by atoms with E-state index in [9.17, 15) is 9.59 Å². The molecule has 1 aliphatic heterocycles. The zero-order chi connectivity index (χ0) is 18.8. The standard InChI is InChI=1S/C19H16BrN3O2S2/c20-13-4-5-16-15(9-13)18(25)23(11-21-16)10-17(24)22-14-3-1-2-12(8-14)19-26-6-7-27-19/h1-5,8-9,11,19H,6-7,10H2,(H,22,24). The molecule has 3 aromatic rings. The van der Waals surface area contributed by atoms with E-state index in [-0.39, 0.29) is 18.0 Å². The molecule has 1 aliphatic rings. The van der Waals surface area contributed by atoms with Crippen molar-refractivity contribution in [3.05, 3.63) is 69.2 Å². The number of anilines is 1. The van der Waals surface area contributed by atoms with Crippen molar-refractivity contribution in [3.63, 3.8) is 0 Å². The Bertz CT molecular complexity index is 1060. The maximum atomic E-state index is 12.6. The van der Waals surface area contributed by atoms with Crippen LogP contribution in [0, 0.1) is 0 Å². The second kappa shape index (κ2) is 8.08. The van der Waals surface area contributed by atoms with Gasteiger partial charge in [-0.15, -0.1) is 23.5 Å². The summed E-state index contributed by atoms with van der Waals surface area (Å²) in [5.41, 5.74) is 2.33. The summed E-state index contributed by atoms with van der Waals surface area (Å²) in [4.78, 5) is 29.3. The second-order valence-electron chi connectivity index (χ2n) is 6.09. The van der Waals surface area contributed by atoms with Crippen LogP contribution in [0.3, 0.4) is 0 Å². The van der Waals surface area contributed by atoms with Crippen LogP contribution in [-0.4, -0.2) is 27.0 Å². The lowest BCUT2D eigenvalue weighted by atomic mass is 10.2. The maximum absolute atomic E-state index is 12.6. The van der Waals surface area contributed by atoms with Crippen LogP contribution in [0.25, 0.3) is 10.9 Å². The average Bonchev–Trinajstić information content (AvgIpc) is 3.19. The summed E-state index contributed by atoms with van der Waals surface area (Å²) >= 11 is 7.21. The normalized spacial score (nSPS) is 14.6.